The lowest BCUT2D eigenvalue weighted by Crippen LogP contribution is -1.96. The van der Waals surface area contributed by atoms with Crippen LogP contribution < -0.4 is 0 Å². The van der Waals surface area contributed by atoms with E-state index in [-0.39, 0.29) is 0 Å². The first-order valence-corrected chi connectivity index (χ1v) is 3.50. The molecule has 0 N–H and O–H groups in total. The fourth-order valence-corrected chi connectivity index (χ4v) is 0.795. The van der Waals surface area contributed by atoms with E-state index < -0.39 is 0 Å². The predicted molar refractivity (Wildman–Crippen MR) is 40.9 cm³/mol. The molecule has 0 saturated heterocycles. The Morgan fingerprint density at radius 3 is 2.82 bits per heavy atom. The van der Waals surface area contributed by atoms with E-state index in [2.05, 4.69) is 9.97 Å². The van der Waals surface area contributed by atoms with Gasteiger partial charge in [-0.25, -0.2) is 9.97 Å². The summed E-state index contributed by atoms with van der Waals surface area (Å²) in [4.78, 5) is 8.12. The maximum atomic E-state index is 8.55. The lowest BCUT2D eigenvalue weighted by molar-refractivity contribution is 0.912. The second-order valence-electron chi connectivity index (χ2n) is 2.25. The maximum absolute atomic E-state index is 8.55. The summed E-state index contributed by atoms with van der Waals surface area (Å²) in [6, 6.07) is 2.02. The molecule has 0 unspecified atom stereocenters. The molecule has 0 aromatic carbocycles. The van der Waals surface area contributed by atoms with Gasteiger partial charge in [-0.15, -0.1) is 0 Å². The van der Waals surface area contributed by atoms with Crippen LogP contribution in [-0.2, 0) is 6.42 Å². The van der Waals surface area contributed by atoms with Gasteiger partial charge < -0.3 is 0 Å². The van der Waals surface area contributed by atoms with E-state index in [4.69, 9.17) is 5.26 Å². The zero-order valence-electron chi connectivity index (χ0n) is 6.63. The molecule has 0 aliphatic heterocycles. The van der Waals surface area contributed by atoms with Gasteiger partial charge in [0.1, 0.15) is 11.9 Å². The Bertz CT molecular complexity index is 299. The van der Waals surface area contributed by atoms with Gasteiger partial charge >= 0.3 is 0 Å². The molecule has 3 heteroatoms. The molecule has 1 aromatic rings. The Morgan fingerprint density at radius 2 is 2.36 bits per heavy atom. The van der Waals surface area contributed by atoms with E-state index in [0.29, 0.717) is 5.56 Å². The number of nitriles is 1. The fraction of sp³-hybridized carbons (Fsp3) is 0.375. The molecular weight excluding hydrogens is 138 g/mol. The van der Waals surface area contributed by atoms with Gasteiger partial charge in [-0.05, 0) is 6.92 Å². The minimum Gasteiger partial charge on any atom is -0.240 e. The summed E-state index contributed by atoms with van der Waals surface area (Å²) >= 11 is 0. The van der Waals surface area contributed by atoms with Gasteiger partial charge in [-0.2, -0.15) is 5.26 Å². The van der Waals surface area contributed by atoms with Gasteiger partial charge in [0.2, 0.25) is 0 Å². The number of aryl methyl sites for hydroxylation is 2. The highest BCUT2D eigenvalue weighted by Crippen LogP contribution is 2.01. The summed E-state index contributed by atoms with van der Waals surface area (Å²) in [5.74, 6) is 0.793. The van der Waals surface area contributed by atoms with Gasteiger partial charge in [0.25, 0.3) is 0 Å². The number of aromatic nitrogens is 2. The van der Waals surface area contributed by atoms with Crippen LogP contribution in [0.25, 0.3) is 0 Å². The predicted octanol–water partition coefficient (Wildman–Crippen LogP) is 1.22. The average Bonchev–Trinajstić information content (AvgIpc) is 2.04. The first-order chi connectivity index (χ1) is 5.27. The minimum atomic E-state index is 0.558. The molecule has 0 amide bonds. The summed E-state index contributed by atoms with van der Waals surface area (Å²) in [6.07, 6.45) is 2.38. The van der Waals surface area contributed by atoms with E-state index >= 15 is 0 Å². The summed E-state index contributed by atoms with van der Waals surface area (Å²) < 4.78 is 0. The molecule has 0 aliphatic carbocycles. The van der Waals surface area contributed by atoms with Crippen LogP contribution in [0.1, 0.15) is 24.0 Å². The minimum absolute atomic E-state index is 0.558. The molecule has 0 fully saturated rings. The summed E-state index contributed by atoms with van der Waals surface area (Å²) in [7, 11) is 0. The van der Waals surface area contributed by atoms with Crippen molar-refractivity contribution in [2.24, 2.45) is 0 Å². The van der Waals surface area contributed by atoms with Crippen LogP contribution in [0.2, 0.25) is 0 Å². The van der Waals surface area contributed by atoms with E-state index in [9.17, 15) is 0 Å². The molecule has 0 atom stereocenters. The van der Waals surface area contributed by atoms with Crippen LogP contribution in [0.3, 0.4) is 0 Å². The third kappa shape index (κ3) is 1.53. The van der Waals surface area contributed by atoms with Gasteiger partial charge in [-0.3, -0.25) is 0 Å². The average molecular weight is 147 g/mol. The molecule has 0 radical (unpaired) electrons. The summed E-state index contributed by atoms with van der Waals surface area (Å²) in [6.45, 7) is 3.81. The monoisotopic (exact) mass is 147 g/mol. The smallest absolute Gasteiger partial charge is 0.128 e. The highest BCUT2D eigenvalue weighted by molar-refractivity contribution is 5.29. The molecule has 3 nitrogen and oxygen atoms in total. The van der Waals surface area contributed by atoms with Crippen LogP contribution in [0.4, 0.5) is 0 Å². The second kappa shape index (κ2) is 3.11. The lowest BCUT2D eigenvalue weighted by Gasteiger charge is -1.97. The van der Waals surface area contributed by atoms with Gasteiger partial charge in [0, 0.05) is 12.6 Å². The van der Waals surface area contributed by atoms with Gasteiger partial charge in [0.15, 0.2) is 0 Å². The molecule has 0 saturated carbocycles. The van der Waals surface area contributed by atoms with E-state index in [1.165, 1.54) is 0 Å². The summed E-state index contributed by atoms with van der Waals surface area (Å²) in [5, 5.41) is 8.55. The molecule has 56 valence electrons. The molecule has 11 heavy (non-hydrogen) atoms. The van der Waals surface area contributed by atoms with Crippen molar-refractivity contribution in [1.82, 2.24) is 9.97 Å². The van der Waals surface area contributed by atoms with Crippen molar-refractivity contribution in [3.05, 3.63) is 23.3 Å². The first kappa shape index (κ1) is 7.67. The van der Waals surface area contributed by atoms with Crippen molar-refractivity contribution >= 4 is 0 Å². The molecule has 1 aromatic heterocycles. The third-order valence-corrected chi connectivity index (χ3v) is 1.47. The van der Waals surface area contributed by atoms with E-state index in [0.717, 1.165) is 17.9 Å². The molecule has 0 aliphatic rings. The van der Waals surface area contributed by atoms with Crippen LogP contribution in [0, 0.1) is 18.3 Å². The van der Waals surface area contributed by atoms with Crippen LogP contribution in [0.15, 0.2) is 6.20 Å². The molecule has 0 spiro atoms. The summed E-state index contributed by atoms with van der Waals surface area (Å²) in [5.41, 5.74) is 1.32. The molecular formula is C8H9N3. The second-order valence-corrected chi connectivity index (χ2v) is 2.25. The van der Waals surface area contributed by atoms with Crippen LogP contribution in [0.5, 0.6) is 0 Å². The topological polar surface area (TPSA) is 49.6 Å². The number of hydrogen-bond acceptors (Lipinski definition) is 3. The zero-order valence-corrected chi connectivity index (χ0v) is 6.63. The van der Waals surface area contributed by atoms with Crippen molar-refractivity contribution < 1.29 is 0 Å². The Labute approximate surface area is 65.7 Å². The lowest BCUT2D eigenvalue weighted by atomic mass is 10.2. The SMILES string of the molecule is CCc1ncc(C#N)c(C)n1. The van der Waals surface area contributed by atoms with Crippen molar-refractivity contribution in [2.45, 2.75) is 20.3 Å². The Balaban J connectivity index is 3.12. The van der Waals surface area contributed by atoms with E-state index in [1.54, 1.807) is 6.20 Å². The Hall–Kier alpha value is -1.43. The van der Waals surface area contributed by atoms with Gasteiger partial charge in [-0.1, -0.05) is 6.92 Å². The van der Waals surface area contributed by atoms with Crippen molar-refractivity contribution in [2.75, 3.05) is 0 Å². The highest BCUT2D eigenvalue weighted by atomic mass is 14.9. The molecule has 1 heterocycles. The number of rotatable bonds is 1. The normalized spacial score (nSPS) is 9.18. The largest absolute Gasteiger partial charge is 0.240 e. The quantitative estimate of drug-likeness (QED) is 0.600. The maximum Gasteiger partial charge on any atom is 0.128 e. The fourth-order valence-electron chi connectivity index (χ4n) is 0.795. The number of nitrogens with zero attached hydrogens (tertiary/aromatic N) is 3. The molecule has 1 rings (SSSR count). The van der Waals surface area contributed by atoms with E-state index in [1.807, 2.05) is 19.9 Å². The van der Waals surface area contributed by atoms with Crippen LogP contribution in [-0.4, -0.2) is 9.97 Å². The highest BCUT2D eigenvalue weighted by Gasteiger charge is 1.99. The standard InChI is InChI=1S/C8H9N3/c1-3-8-10-5-7(4-9)6(2)11-8/h5H,3H2,1-2H3. The Kier molecular flexibility index (Phi) is 2.17. The van der Waals surface area contributed by atoms with Crippen molar-refractivity contribution in [3.8, 4) is 6.07 Å². The van der Waals surface area contributed by atoms with Gasteiger partial charge in [0.05, 0.1) is 11.3 Å². The Morgan fingerprint density at radius 1 is 1.64 bits per heavy atom. The molecule has 0 bridgehead atoms. The van der Waals surface area contributed by atoms with Crippen molar-refractivity contribution in [1.29, 1.82) is 5.26 Å². The first-order valence-electron chi connectivity index (χ1n) is 3.50. The zero-order chi connectivity index (χ0) is 8.27. The van der Waals surface area contributed by atoms with Crippen molar-refractivity contribution in [3.63, 3.8) is 0 Å². The number of hydrogen-bond donors (Lipinski definition) is 0. The third-order valence-electron chi connectivity index (χ3n) is 1.47. The van der Waals surface area contributed by atoms with Crippen LogP contribution >= 0.6 is 0 Å².